The number of ether oxygens (including phenoxy) is 4. The summed E-state index contributed by atoms with van der Waals surface area (Å²) >= 11 is 0. The minimum atomic E-state index is -3.82. The molecule has 11 nitrogen and oxygen atoms in total. The molecule has 1 aromatic rings. The van der Waals surface area contributed by atoms with E-state index in [0.717, 1.165) is 5.56 Å². The number of phosphoric acid groups is 1. The second-order valence-electron chi connectivity index (χ2n) is 7.44. The van der Waals surface area contributed by atoms with Crippen LogP contribution in [0.25, 0.3) is 0 Å². The van der Waals surface area contributed by atoms with E-state index in [1.54, 1.807) is 0 Å². The number of phosphoric ester groups is 1. The van der Waals surface area contributed by atoms with E-state index in [1.165, 1.54) is 0 Å². The van der Waals surface area contributed by atoms with E-state index in [4.69, 9.17) is 43.5 Å². The van der Waals surface area contributed by atoms with Crippen molar-refractivity contribution in [2.45, 2.75) is 38.7 Å². The van der Waals surface area contributed by atoms with Crippen LogP contribution in [0.5, 0.6) is 0 Å². The van der Waals surface area contributed by atoms with Crippen molar-refractivity contribution in [2.24, 2.45) is 5.73 Å². The first kappa shape index (κ1) is 32.2. The van der Waals surface area contributed by atoms with Gasteiger partial charge in [0.1, 0.15) is 6.61 Å². The molecule has 0 radical (unpaired) electrons. The summed E-state index contributed by atoms with van der Waals surface area (Å²) < 4.78 is 49.7. The maximum absolute atomic E-state index is 12.8. The highest BCUT2D eigenvalue weighted by molar-refractivity contribution is 7.48. The van der Waals surface area contributed by atoms with Gasteiger partial charge in [0.25, 0.3) is 0 Å². The van der Waals surface area contributed by atoms with Crippen molar-refractivity contribution in [3.63, 3.8) is 0 Å². The average Bonchev–Trinajstić information content (AvgIpc) is 2.89. The van der Waals surface area contributed by atoms with Crippen molar-refractivity contribution >= 4 is 13.8 Å². The maximum Gasteiger partial charge on any atom is 0.474 e. The van der Waals surface area contributed by atoms with Gasteiger partial charge < -0.3 is 24.7 Å². The van der Waals surface area contributed by atoms with E-state index >= 15 is 0 Å². The molecule has 12 heteroatoms. The fraction of sp³-hybridized carbons (Fsp3) is 0.667. The molecule has 0 aliphatic carbocycles. The van der Waals surface area contributed by atoms with Gasteiger partial charge in [-0.25, -0.2) is 4.57 Å². The third-order valence-electron chi connectivity index (χ3n) is 4.46. The molecule has 0 fully saturated rings. The molecule has 0 aliphatic heterocycles. The van der Waals surface area contributed by atoms with Crippen molar-refractivity contribution in [3.05, 3.63) is 35.9 Å². The van der Waals surface area contributed by atoms with Crippen LogP contribution >= 0.6 is 7.82 Å². The number of esters is 1. The molecule has 1 aromatic carbocycles. The standard InChI is InChI=1S/C24H39N2O9P/c25-11-7-14-34-36(28,35-21-20-31-19-18-30-17-16-29-15-12-26)33-13-6-2-5-10-24(27)32-22-23-8-3-1-4-9-23/h1,3-4,8-9H,2,5-7,10,12-22,26H2. The monoisotopic (exact) mass is 530 g/mol. The Morgan fingerprint density at radius 3 is 2.08 bits per heavy atom. The molecule has 2 N–H and O–H groups in total. The molecule has 36 heavy (non-hydrogen) atoms. The molecule has 1 unspecified atom stereocenters. The molecular weight excluding hydrogens is 491 g/mol. The van der Waals surface area contributed by atoms with Crippen LogP contribution in [0.4, 0.5) is 0 Å². The largest absolute Gasteiger partial charge is 0.474 e. The number of carbonyl (C=O) groups is 1. The minimum Gasteiger partial charge on any atom is -0.461 e. The summed E-state index contributed by atoms with van der Waals surface area (Å²) in [6, 6.07) is 11.4. The predicted molar refractivity (Wildman–Crippen MR) is 132 cm³/mol. The van der Waals surface area contributed by atoms with Gasteiger partial charge in [0.05, 0.1) is 72.0 Å². The van der Waals surface area contributed by atoms with E-state index in [0.29, 0.717) is 65.3 Å². The Balaban J connectivity index is 2.13. The fourth-order valence-electron chi connectivity index (χ4n) is 2.68. The van der Waals surface area contributed by atoms with Crippen molar-refractivity contribution in [1.82, 2.24) is 0 Å². The van der Waals surface area contributed by atoms with Gasteiger partial charge in [-0.2, -0.15) is 5.26 Å². The third-order valence-corrected chi connectivity index (χ3v) is 5.96. The summed E-state index contributed by atoms with van der Waals surface area (Å²) in [7, 11) is -3.82. The van der Waals surface area contributed by atoms with Gasteiger partial charge in [-0.3, -0.25) is 18.4 Å². The SMILES string of the molecule is N#CCCOP(=O)(OCCCCCC(=O)OCc1ccccc1)OCCOCCOCCOCCN. The van der Waals surface area contributed by atoms with Gasteiger partial charge in [-0.15, -0.1) is 0 Å². The Morgan fingerprint density at radius 2 is 1.42 bits per heavy atom. The van der Waals surface area contributed by atoms with E-state index in [2.05, 4.69) is 0 Å². The molecule has 1 atom stereocenters. The van der Waals surface area contributed by atoms with Crippen LogP contribution in [-0.4, -0.2) is 72.0 Å². The Bertz CT molecular complexity index is 762. The van der Waals surface area contributed by atoms with Gasteiger partial charge >= 0.3 is 13.8 Å². The highest BCUT2D eigenvalue weighted by atomic mass is 31.2. The molecule has 204 valence electrons. The smallest absolute Gasteiger partial charge is 0.461 e. The lowest BCUT2D eigenvalue weighted by atomic mass is 10.2. The van der Waals surface area contributed by atoms with Crippen molar-refractivity contribution in [3.8, 4) is 6.07 Å². The van der Waals surface area contributed by atoms with Gasteiger partial charge in [-0.05, 0) is 18.4 Å². The van der Waals surface area contributed by atoms with Gasteiger partial charge in [0.15, 0.2) is 0 Å². The first-order valence-corrected chi connectivity index (χ1v) is 13.6. The lowest BCUT2D eigenvalue weighted by Gasteiger charge is -2.17. The summed E-state index contributed by atoms with van der Waals surface area (Å²) in [5, 5.41) is 8.68. The number of carbonyl (C=O) groups excluding carboxylic acids is 1. The molecule has 0 spiro atoms. The Labute approximate surface area is 213 Å². The van der Waals surface area contributed by atoms with E-state index in [9.17, 15) is 9.36 Å². The lowest BCUT2D eigenvalue weighted by molar-refractivity contribution is -0.145. The van der Waals surface area contributed by atoms with Crippen molar-refractivity contribution < 1.29 is 41.9 Å². The first-order valence-electron chi connectivity index (χ1n) is 12.1. The summed E-state index contributed by atoms with van der Waals surface area (Å²) in [5.74, 6) is -0.265. The fourth-order valence-corrected chi connectivity index (χ4v) is 3.87. The van der Waals surface area contributed by atoms with E-state index in [1.807, 2.05) is 36.4 Å². The normalized spacial score (nSPS) is 12.7. The zero-order chi connectivity index (χ0) is 26.2. The number of nitriles is 1. The Hall–Kier alpha value is -1.87. The molecule has 0 amide bonds. The number of rotatable bonds is 24. The van der Waals surface area contributed by atoms with Crippen LogP contribution in [0.2, 0.25) is 0 Å². The summed E-state index contributed by atoms with van der Waals surface area (Å²) in [5.41, 5.74) is 6.26. The van der Waals surface area contributed by atoms with Crippen molar-refractivity contribution in [1.29, 1.82) is 5.26 Å². The summed E-state index contributed by atoms with van der Waals surface area (Å²) in [6.45, 7) is 3.11. The molecule has 0 heterocycles. The zero-order valence-corrected chi connectivity index (χ0v) is 21.7. The number of unbranched alkanes of at least 4 members (excludes halogenated alkanes) is 2. The highest BCUT2D eigenvalue weighted by Crippen LogP contribution is 2.49. The molecule has 0 bridgehead atoms. The quantitative estimate of drug-likeness (QED) is 0.119. The molecule has 1 rings (SSSR count). The van der Waals surface area contributed by atoms with Crippen LogP contribution in [0.3, 0.4) is 0 Å². The van der Waals surface area contributed by atoms with Crippen LogP contribution in [0.15, 0.2) is 30.3 Å². The van der Waals surface area contributed by atoms with Crippen LogP contribution < -0.4 is 5.73 Å². The topological polar surface area (TPSA) is 149 Å². The van der Waals surface area contributed by atoms with Crippen LogP contribution in [-0.2, 0) is 48.5 Å². The number of hydrogen-bond acceptors (Lipinski definition) is 11. The third kappa shape index (κ3) is 18.4. The average molecular weight is 531 g/mol. The molecule has 0 saturated carbocycles. The zero-order valence-electron chi connectivity index (χ0n) is 20.8. The maximum atomic E-state index is 12.8. The van der Waals surface area contributed by atoms with Gasteiger partial charge in [-0.1, -0.05) is 36.8 Å². The number of hydrogen-bond donors (Lipinski definition) is 1. The Kier molecular flexibility index (Phi) is 20.0. The Morgan fingerprint density at radius 1 is 0.806 bits per heavy atom. The lowest BCUT2D eigenvalue weighted by Crippen LogP contribution is -2.14. The van der Waals surface area contributed by atoms with Gasteiger partial charge in [0.2, 0.25) is 0 Å². The van der Waals surface area contributed by atoms with Gasteiger partial charge in [0, 0.05) is 13.0 Å². The number of nitrogens with two attached hydrogens (primary N) is 1. The van der Waals surface area contributed by atoms with Crippen LogP contribution in [0.1, 0.15) is 37.7 Å². The molecule has 0 aliphatic rings. The molecule has 0 aromatic heterocycles. The number of benzene rings is 1. The predicted octanol–water partition coefficient (Wildman–Crippen LogP) is 3.37. The van der Waals surface area contributed by atoms with Crippen molar-refractivity contribution in [2.75, 3.05) is 66.0 Å². The van der Waals surface area contributed by atoms with E-state index in [-0.39, 0.29) is 45.4 Å². The minimum absolute atomic E-state index is 0.00328. The second-order valence-corrected chi connectivity index (χ2v) is 9.11. The first-order chi connectivity index (χ1) is 17.6. The van der Waals surface area contributed by atoms with Crippen LogP contribution in [0, 0.1) is 11.3 Å². The molecular formula is C24H39N2O9P. The summed E-state index contributed by atoms with van der Waals surface area (Å²) in [6.07, 6.45) is 2.21. The van der Waals surface area contributed by atoms with E-state index < -0.39 is 7.82 Å². The summed E-state index contributed by atoms with van der Waals surface area (Å²) in [4.78, 5) is 11.8. The second kappa shape index (κ2) is 22.3. The highest BCUT2D eigenvalue weighted by Gasteiger charge is 2.26. The molecule has 0 saturated heterocycles. The number of nitrogens with zero attached hydrogens (tertiary/aromatic N) is 1.